The van der Waals surface area contributed by atoms with E-state index in [9.17, 15) is 18.0 Å². The topological polar surface area (TPSA) is 50.8 Å². The molecule has 1 unspecified atom stereocenters. The van der Waals surface area contributed by atoms with E-state index < -0.39 is 11.7 Å². The molecule has 8 heteroatoms. The van der Waals surface area contributed by atoms with Crippen molar-refractivity contribution in [1.82, 2.24) is 5.32 Å². The van der Waals surface area contributed by atoms with Crippen molar-refractivity contribution in [1.29, 1.82) is 0 Å². The van der Waals surface area contributed by atoms with Crippen LogP contribution in [0.15, 0.2) is 18.2 Å². The molecule has 2 aliphatic heterocycles. The van der Waals surface area contributed by atoms with Crippen LogP contribution in [0.3, 0.4) is 0 Å². The van der Waals surface area contributed by atoms with Crippen molar-refractivity contribution in [3.63, 3.8) is 0 Å². The molecule has 1 aromatic carbocycles. The van der Waals surface area contributed by atoms with Gasteiger partial charge in [-0.05, 0) is 42.9 Å². The second-order valence-corrected chi connectivity index (χ2v) is 7.55. The molecule has 0 amide bonds. The fourth-order valence-corrected chi connectivity index (χ4v) is 4.25. The first kappa shape index (κ1) is 20.9. The van der Waals surface area contributed by atoms with Crippen LogP contribution in [0.2, 0.25) is 0 Å². The number of rotatable bonds is 5. The Bertz CT molecular complexity index is 688. The Morgan fingerprint density at radius 3 is 2.57 bits per heavy atom. The lowest BCUT2D eigenvalue weighted by atomic mass is 9.91. The zero-order valence-electron chi connectivity index (χ0n) is 16.2. The van der Waals surface area contributed by atoms with Gasteiger partial charge in [-0.1, -0.05) is 6.07 Å². The fourth-order valence-electron chi connectivity index (χ4n) is 4.25. The number of alkyl halides is 3. The van der Waals surface area contributed by atoms with Crippen LogP contribution in [0.1, 0.15) is 36.3 Å². The average molecular weight is 400 g/mol. The van der Waals surface area contributed by atoms with Crippen LogP contribution < -0.4 is 10.2 Å². The Balaban J connectivity index is 1.84. The number of carbonyl (C=O) groups excluding carboxylic acids is 1. The van der Waals surface area contributed by atoms with E-state index in [2.05, 4.69) is 5.32 Å². The number of piperidine rings is 1. The molecule has 2 heterocycles. The standard InChI is InChI=1S/C20H27F3N2O3/c1-27-12-16-9-14(11-24-16)17-4-3-15(20(21,22)23)10-18(17)25-7-5-13(6-8-25)19(26)28-2/h3-4,10,13-14,16,24H,5-9,11-12H2,1-2H3/t14-,16?/m1/s1. The largest absolute Gasteiger partial charge is 0.469 e. The molecule has 0 spiro atoms. The highest BCUT2D eigenvalue weighted by atomic mass is 19.4. The summed E-state index contributed by atoms with van der Waals surface area (Å²) in [5, 5.41) is 3.38. The number of halogens is 3. The SMILES string of the molecule is COCC1C[C@@H](c2ccc(C(F)(F)F)cc2N2CCC(C(=O)OC)CC2)CN1. The first-order valence-electron chi connectivity index (χ1n) is 9.59. The molecule has 0 bridgehead atoms. The summed E-state index contributed by atoms with van der Waals surface area (Å²) in [5.41, 5.74) is 0.916. The zero-order valence-corrected chi connectivity index (χ0v) is 16.2. The van der Waals surface area contributed by atoms with Crippen molar-refractivity contribution in [2.24, 2.45) is 5.92 Å². The van der Waals surface area contributed by atoms with Gasteiger partial charge in [-0.15, -0.1) is 0 Å². The number of methoxy groups -OCH3 is 2. The lowest BCUT2D eigenvalue weighted by Crippen LogP contribution is -2.37. The van der Waals surface area contributed by atoms with Gasteiger partial charge in [0.25, 0.3) is 0 Å². The van der Waals surface area contributed by atoms with Crippen molar-refractivity contribution in [3.05, 3.63) is 29.3 Å². The molecule has 2 saturated heterocycles. The van der Waals surface area contributed by atoms with Crippen LogP contribution in [0, 0.1) is 5.92 Å². The number of hydrogen-bond donors (Lipinski definition) is 1. The maximum Gasteiger partial charge on any atom is 0.416 e. The third kappa shape index (κ3) is 4.60. The minimum Gasteiger partial charge on any atom is -0.469 e. The number of nitrogens with zero attached hydrogens (tertiary/aromatic N) is 1. The molecule has 0 aliphatic carbocycles. The number of ether oxygens (including phenoxy) is 2. The second kappa shape index (κ2) is 8.69. The normalized spacial score (nSPS) is 23.8. The molecule has 0 aromatic heterocycles. The van der Waals surface area contributed by atoms with E-state index >= 15 is 0 Å². The molecule has 2 aliphatic rings. The van der Waals surface area contributed by atoms with Gasteiger partial charge >= 0.3 is 12.1 Å². The molecule has 0 radical (unpaired) electrons. The second-order valence-electron chi connectivity index (χ2n) is 7.55. The summed E-state index contributed by atoms with van der Waals surface area (Å²) in [4.78, 5) is 13.7. The lowest BCUT2D eigenvalue weighted by Gasteiger charge is -2.35. The monoisotopic (exact) mass is 400 g/mol. The van der Waals surface area contributed by atoms with Crippen LogP contribution in [0.5, 0.6) is 0 Å². The Morgan fingerprint density at radius 1 is 1.25 bits per heavy atom. The summed E-state index contributed by atoms with van der Waals surface area (Å²) < 4.78 is 49.9. The third-order valence-corrected chi connectivity index (χ3v) is 5.76. The highest BCUT2D eigenvalue weighted by Crippen LogP contribution is 2.39. The highest BCUT2D eigenvalue weighted by molar-refractivity contribution is 5.73. The van der Waals surface area contributed by atoms with Gasteiger partial charge in [0.1, 0.15) is 0 Å². The Morgan fingerprint density at radius 2 is 1.96 bits per heavy atom. The van der Waals surface area contributed by atoms with Gasteiger partial charge in [-0.3, -0.25) is 4.79 Å². The van der Waals surface area contributed by atoms with Crippen LogP contribution in [-0.2, 0) is 20.4 Å². The van der Waals surface area contributed by atoms with Crippen molar-refractivity contribution >= 4 is 11.7 Å². The summed E-state index contributed by atoms with van der Waals surface area (Å²) in [6.45, 7) is 2.37. The predicted octanol–water partition coefficient (Wildman–Crippen LogP) is 3.19. The minimum atomic E-state index is -4.38. The molecule has 28 heavy (non-hydrogen) atoms. The number of nitrogens with one attached hydrogen (secondary N) is 1. The van der Waals surface area contributed by atoms with Crippen molar-refractivity contribution < 1.29 is 27.4 Å². The first-order chi connectivity index (χ1) is 13.3. The van der Waals surface area contributed by atoms with E-state index in [0.717, 1.165) is 12.0 Å². The summed E-state index contributed by atoms with van der Waals surface area (Å²) in [5.74, 6) is -0.295. The smallest absolute Gasteiger partial charge is 0.416 e. The molecule has 1 N–H and O–H groups in total. The predicted molar refractivity (Wildman–Crippen MR) is 99.4 cm³/mol. The summed E-state index contributed by atoms with van der Waals surface area (Å²) in [6, 6.07) is 4.25. The molecule has 2 fully saturated rings. The molecule has 5 nitrogen and oxygen atoms in total. The van der Waals surface area contributed by atoms with E-state index in [0.29, 0.717) is 44.8 Å². The molecular formula is C20H27F3N2O3. The maximum atomic E-state index is 13.3. The van der Waals surface area contributed by atoms with Crippen molar-refractivity contribution in [2.75, 3.05) is 45.4 Å². The molecule has 3 rings (SSSR count). The van der Waals surface area contributed by atoms with E-state index in [4.69, 9.17) is 9.47 Å². The van der Waals surface area contributed by atoms with Gasteiger partial charge in [0.15, 0.2) is 0 Å². The number of benzene rings is 1. The number of esters is 1. The Hall–Kier alpha value is -1.80. The molecule has 1 aromatic rings. The van der Waals surface area contributed by atoms with E-state index in [1.54, 1.807) is 13.2 Å². The molecule has 0 saturated carbocycles. The number of anilines is 1. The molecular weight excluding hydrogens is 373 g/mol. The van der Waals surface area contributed by atoms with E-state index in [-0.39, 0.29) is 23.8 Å². The van der Waals surface area contributed by atoms with Crippen LogP contribution in [0.4, 0.5) is 18.9 Å². The van der Waals surface area contributed by atoms with Gasteiger partial charge in [0.2, 0.25) is 0 Å². The lowest BCUT2D eigenvalue weighted by molar-refractivity contribution is -0.146. The van der Waals surface area contributed by atoms with Gasteiger partial charge in [-0.25, -0.2) is 0 Å². The third-order valence-electron chi connectivity index (χ3n) is 5.76. The highest BCUT2D eigenvalue weighted by Gasteiger charge is 2.35. The van der Waals surface area contributed by atoms with Crippen molar-refractivity contribution in [3.8, 4) is 0 Å². The number of hydrogen-bond acceptors (Lipinski definition) is 5. The first-order valence-corrected chi connectivity index (χ1v) is 9.59. The quantitative estimate of drug-likeness (QED) is 0.770. The molecule has 2 atom stereocenters. The maximum absolute atomic E-state index is 13.3. The van der Waals surface area contributed by atoms with Crippen LogP contribution in [0.25, 0.3) is 0 Å². The van der Waals surface area contributed by atoms with Gasteiger partial charge in [0.05, 0.1) is 25.2 Å². The summed E-state index contributed by atoms with van der Waals surface area (Å²) in [7, 11) is 3.01. The minimum absolute atomic E-state index is 0.135. The fraction of sp³-hybridized carbons (Fsp3) is 0.650. The van der Waals surface area contributed by atoms with Gasteiger partial charge < -0.3 is 19.7 Å². The van der Waals surface area contributed by atoms with Gasteiger partial charge in [-0.2, -0.15) is 13.2 Å². The zero-order chi connectivity index (χ0) is 20.3. The van der Waals surface area contributed by atoms with Crippen LogP contribution >= 0.6 is 0 Å². The summed E-state index contributed by atoms with van der Waals surface area (Å²) >= 11 is 0. The Kier molecular flexibility index (Phi) is 6.50. The molecule has 156 valence electrons. The van der Waals surface area contributed by atoms with Gasteiger partial charge in [0, 0.05) is 38.5 Å². The Labute approximate surface area is 163 Å². The number of carbonyl (C=O) groups is 1. The van der Waals surface area contributed by atoms with Crippen molar-refractivity contribution in [2.45, 2.75) is 37.4 Å². The van der Waals surface area contributed by atoms with Crippen LogP contribution in [-0.4, -0.2) is 52.5 Å². The average Bonchev–Trinajstić information content (AvgIpc) is 3.15. The van der Waals surface area contributed by atoms with E-state index in [1.807, 2.05) is 4.90 Å². The van der Waals surface area contributed by atoms with E-state index in [1.165, 1.54) is 19.2 Å². The summed E-state index contributed by atoms with van der Waals surface area (Å²) in [6.07, 6.45) is -2.40.